The third kappa shape index (κ3) is 2.66. The fourth-order valence-corrected chi connectivity index (χ4v) is 1.50. The quantitative estimate of drug-likeness (QED) is 0.705. The number of hydrogen-bond acceptors (Lipinski definition) is 2. The monoisotopic (exact) mass is 201 g/mol. The van der Waals surface area contributed by atoms with E-state index >= 15 is 0 Å². The van der Waals surface area contributed by atoms with Gasteiger partial charge in [0.25, 0.3) is 0 Å². The highest BCUT2D eigenvalue weighted by atomic mass is 16.1. The molecule has 1 aromatic carbocycles. The summed E-state index contributed by atoms with van der Waals surface area (Å²) < 4.78 is 0. The molecule has 1 atom stereocenters. The number of carbonyl (C=O) groups excluding carboxylic acids is 1. The van der Waals surface area contributed by atoms with E-state index in [0.717, 1.165) is 16.7 Å². The zero-order chi connectivity index (χ0) is 11.4. The van der Waals surface area contributed by atoms with Crippen LogP contribution in [-0.2, 0) is 0 Å². The highest BCUT2D eigenvalue weighted by Gasteiger charge is 2.16. The van der Waals surface area contributed by atoms with Crippen molar-refractivity contribution in [1.29, 1.82) is 5.26 Å². The molecule has 0 aromatic heterocycles. The van der Waals surface area contributed by atoms with Crippen LogP contribution >= 0.6 is 0 Å². The van der Waals surface area contributed by atoms with Crippen molar-refractivity contribution >= 4 is 5.78 Å². The number of ketones is 1. The summed E-state index contributed by atoms with van der Waals surface area (Å²) in [6, 6.07) is 7.86. The zero-order valence-electron chi connectivity index (χ0n) is 9.37. The number of nitrogens with zero attached hydrogens (tertiary/aromatic N) is 1. The lowest BCUT2D eigenvalue weighted by atomic mass is 9.93. The van der Waals surface area contributed by atoms with Gasteiger partial charge in [-0.1, -0.05) is 24.6 Å². The van der Waals surface area contributed by atoms with Gasteiger partial charge in [0, 0.05) is 17.9 Å². The van der Waals surface area contributed by atoms with Gasteiger partial charge in [-0.15, -0.1) is 0 Å². The molecule has 0 radical (unpaired) electrons. The molecule has 0 aliphatic heterocycles. The highest BCUT2D eigenvalue weighted by Crippen LogP contribution is 2.17. The Morgan fingerprint density at radius 2 is 2.13 bits per heavy atom. The minimum atomic E-state index is -0.213. The second kappa shape index (κ2) is 4.75. The minimum Gasteiger partial charge on any atom is -0.294 e. The van der Waals surface area contributed by atoms with Crippen molar-refractivity contribution in [3.05, 3.63) is 34.9 Å². The molecule has 1 rings (SSSR count). The van der Waals surface area contributed by atoms with Crippen LogP contribution in [0.4, 0.5) is 0 Å². The summed E-state index contributed by atoms with van der Waals surface area (Å²) in [5.74, 6) is -0.145. The Labute approximate surface area is 90.5 Å². The van der Waals surface area contributed by atoms with Crippen LogP contribution < -0.4 is 0 Å². The molecule has 0 fully saturated rings. The second-order valence-corrected chi connectivity index (χ2v) is 3.95. The van der Waals surface area contributed by atoms with E-state index in [1.165, 1.54) is 0 Å². The largest absolute Gasteiger partial charge is 0.294 e. The fraction of sp³-hybridized carbons (Fsp3) is 0.385. The molecule has 0 amide bonds. The average Bonchev–Trinajstić information content (AvgIpc) is 2.21. The van der Waals surface area contributed by atoms with Crippen LogP contribution in [-0.4, -0.2) is 5.78 Å². The van der Waals surface area contributed by atoms with Crippen molar-refractivity contribution in [2.75, 3.05) is 0 Å². The number of benzene rings is 1. The molecule has 1 aromatic rings. The second-order valence-electron chi connectivity index (χ2n) is 3.95. The first-order valence-corrected chi connectivity index (χ1v) is 5.04. The van der Waals surface area contributed by atoms with Crippen LogP contribution in [0.5, 0.6) is 0 Å². The molecular formula is C13H15NO. The van der Waals surface area contributed by atoms with Gasteiger partial charge in [0.2, 0.25) is 0 Å². The molecular weight excluding hydrogens is 186 g/mol. The van der Waals surface area contributed by atoms with Crippen molar-refractivity contribution < 1.29 is 4.79 Å². The summed E-state index contributed by atoms with van der Waals surface area (Å²) >= 11 is 0. The van der Waals surface area contributed by atoms with Gasteiger partial charge in [0.05, 0.1) is 6.07 Å². The molecule has 0 aliphatic carbocycles. The van der Waals surface area contributed by atoms with Gasteiger partial charge in [0.15, 0.2) is 5.78 Å². The summed E-state index contributed by atoms with van der Waals surface area (Å²) in [5, 5.41) is 8.55. The SMILES string of the molecule is Cc1ccc(C)c(C(=O)C(C)CC#N)c1. The third-order valence-corrected chi connectivity index (χ3v) is 2.50. The number of hydrogen-bond donors (Lipinski definition) is 0. The standard InChI is InChI=1S/C13H15NO/c1-9-4-5-10(2)12(8-9)13(15)11(3)6-7-14/h4-5,8,11H,6H2,1-3H3. The van der Waals surface area contributed by atoms with E-state index in [1.54, 1.807) is 6.92 Å². The van der Waals surface area contributed by atoms with E-state index in [9.17, 15) is 4.79 Å². The summed E-state index contributed by atoms with van der Waals surface area (Å²) in [6.07, 6.45) is 0.284. The predicted octanol–water partition coefficient (Wildman–Crippen LogP) is 3.04. The normalized spacial score (nSPS) is 11.9. The minimum absolute atomic E-state index is 0.0674. The van der Waals surface area contributed by atoms with Crippen LogP contribution in [0, 0.1) is 31.1 Å². The molecule has 2 heteroatoms. The first kappa shape index (κ1) is 11.5. The van der Waals surface area contributed by atoms with Crippen LogP contribution in [0.3, 0.4) is 0 Å². The zero-order valence-corrected chi connectivity index (χ0v) is 9.37. The first-order chi connectivity index (χ1) is 7.06. The highest BCUT2D eigenvalue weighted by molar-refractivity contribution is 5.99. The summed E-state index contributed by atoms with van der Waals surface area (Å²) in [4.78, 5) is 12.0. The van der Waals surface area contributed by atoms with E-state index in [2.05, 4.69) is 0 Å². The number of nitriles is 1. The molecule has 1 unspecified atom stereocenters. The van der Waals surface area contributed by atoms with Crippen molar-refractivity contribution in [2.24, 2.45) is 5.92 Å². The molecule has 0 heterocycles. The Kier molecular flexibility index (Phi) is 3.62. The Balaban J connectivity index is 3.01. The van der Waals surface area contributed by atoms with Crippen molar-refractivity contribution in [1.82, 2.24) is 0 Å². The van der Waals surface area contributed by atoms with Crippen molar-refractivity contribution in [3.63, 3.8) is 0 Å². The molecule has 0 saturated carbocycles. The maximum atomic E-state index is 12.0. The summed E-state index contributed by atoms with van der Waals surface area (Å²) in [7, 11) is 0. The third-order valence-electron chi connectivity index (χ3n) is 2.50. The van der Waals surface area contributed by atoms with Gasteiger partial charge in [-0.3, -0.25) is 4.79 Å². The van der Waals surface area contributed by atoms with Gasteiger partial charge in [0.1, 0.15) is 0 Å². The van der Waals surface area contributed by atoms with Crippen LogP contribution in [0.2, 0.25) is 0 Å². The van der Waals surface area contributed by atoms with E-state index in [-0.39, 0.29) is 18.1 Å². The molecule has 0 N–H and O–H groups in total. The van der Waals surface area contributed by atoms with Gasteiger partial charge in [-0.2, -0.15) is 5.26 Å². The fourth-order valence-electron chi connectivity index (χ4n) is 1.50. The summed E-state index contributed by atoms with van der Waals surface area (Å²) in [6.45, 7) is 5.68. The Bertz CT molecular complexity index is 415. The van der Waals surface area contributed by atoms with Crippen molar-refractivity contribution in [2.45, 2.75) is 27.2 Å². The molecule has 0 bridgehead atoms. The van der Waals surface area contributed by atoms with Crippen LogP contribution in [0.15, 0.2) is 18.2 Å². The van der Waals surface area contributed by atoms with Crippen LogP contribution in [0.25, 0.3) is 0 Å². The molecule has 0 aliphatic rings. The van der Waals surface area contributed by atoms with Gasteiger partial charge >= 0.3 is 0 Å². The predicted molar refractivity (Wildman–Crippen MR) is 59.6 cm³/mol. The smallest absolute Gasteiger partial charge is 0.166 e. The van der Waals surface area contributed by atoms with Gasteiger partial charge in [-0.25, -0.2) is 0 Å². The van der Waals surface area contributed by atoms with E-state index < -0.39 is 0 Å². The Hall–Kier alpha value is -1.62. The molecule has 2 nitrogen and oxygen atoms in total. The average molecular weight is 201 g/mol. The van der Waals surface area contributed by atoms with E-state index in [1.807, 2.05) is 38.1 Å². The van der Waals surface area contributed by atoms with E-state index in [0.29, 0.717) is 0 Å². The molecule has 0 saturated heterocycles. The molecule has 0 spiro atoms. The topological polar surface area (TPSA) is 40.9 Å². The Morgan fingerprint density at radius 3 is 2.73 bits per heavy atom. The van der Waals surface area contributed by atoms with Crippen LogP contribution in [0.1, 0.15) is 34.8 Å². The number of Topliss-reactive ketones (excluding diaryl/α,β-unsaturated/α-hetero) is 1. The lowest BCUT2D eigenvalue weighted by molar-refractivity contribution is 0.0931. The first-order valence-electron chi connectivity index (χ1n) is 5.04. The number of aryl methyl sites for hydroxylation is 2. The maximum absolute atomic E-state index is 12.0. The maximum Gasteiger partial charge on any atom is 0.166 e. The van der Waals surface area contributed by atoms with Gasteiger partial charge < -0.3 is 0 Å². The lowest BCUT2D eigenvalue weighted by Crippen LogP contribution is -2.12. The number of rotatable bonds is 3. The Morgan fingerprint density at radius 1 is 1.47 bits per heavy atom. The lowest BCUT2D eigenvalue weighted by Gasteiger charge is -2.09. The molecule has 15 heavy (non-hydrogen) atoms. The van der Waals surface area contributed by atoms with E-state index in [4.69, 9.17) is 5.26 Å². The molecule has 78 valence electrons. The number of carbonyl (C=O) groups is 1. The van der Waals surface area contributed by atoms with Crippen molar-refractivity contribution in [3.8, 4) is 6.07 Å². The van der Waals surface area contributed by atoms with Gasteiger partial charge in [-0.05, 0) is 25.5 Å². The summed E-state index contributed by atoms with van der Waals surface area (Å²) in [5.41, 5.74) is 2.81.